The molecule has 3 aromatic rings. The van der Waals surface area contributed by atoms with Crippen LogP contribution in [0.3, 0.4) is 0 Å². The molecule has 0 aliphatic carbocycles. The summed E-state index contributed by atoms with van der Waals surface area (Å²) in [5.41, 5.74) is 0.478. The molecule has 0 bridgehead atoms. The van der Waals surface area contributed by atoms with Gasteiger partial charge in [0.05, 0.1) is 10.6 Å². The highest BCUT2D eigenvalue weighted by molar-refractivity contribution is 7.99. The van der Waals surface area contributed by atoms with Crippen LogP contribution in [0, 0.1) is 6.92 Å². The summed E-state index contributed by atoms with van der Waals surface area (Å²) in [6.45, 7) is 1.66. The average molecular weight is 405 g/mol. The molecule has 27 heavy (non-hydrogen) atoms. The van der Waals surface area contributed by atoms with Crippen molar-refractivity contribution in [1.82, 2.24) is 15.1 Å². The number of benzene rings is 1. The fourth-order valence-electron chi connectivity index (χ4n) is 2.02. The van der Waals surface area contributed by atoms with Gasteiger partial charge >= 0.3 is 0 Å². The number of carbonyl (C=O) groups excluding carboxylic acids is 1. The van der Waals surface area contributed by atoms with Gasteiger partial charge in [0.2, 0.25) is 5.91 Å². The maximum absolute atomic E-state index is 12.3. The minimum absolute atomic E-state index is 0.0354. The Morgan fingerprint density at radius 3 is 2.52 bits per heavy atom. The largest absolute Gasteiger partial charge is 0.360 e. The molecule has 0 unspecified atom stereocenters. The Hall–Kier alpha value is -2.92. The number of nitrogens with zero attached hydrogens (tertiary/aromatic N) is 3. The molecule has 0 saturated carbocycles. The predicted octanol–water partition coefficient (Wildman–Crippen LogP) is 2.30. The average Bonchev–Trinajstić information content (AvgIpc) is 3.05. The summed E-state index contributed by atoms with van der Waals surface area (Å²) in [6, 6.07) is 8.95. The van der Waals surface area contributed by atoms with Gasteiger partial charge in [-0.3, -0.25) is 9.52 Å². The summed E-state index contributed by atoms with van der Waals surface area (Å²) in [7, 11) is -3.80. The predicted molar refractivity (Wildman–Crippen MR) is 99.9 cm³/mol. The van der Waals surface area contributed by atoms with E-state index >= 15 is 0 Å². The van der Waals surface area contributed by atoms with Gasteiger partial charge in [-0.25, -0.2) is 18.4 Å². The fraction of sp³-hybridized carbons (Fsp3) is 0.125. The van der Waals surface area contributed by atoms with Crippen LogP contribution in [0.25, 0.3) is 0 Å². The second-order valence-corrected chi connectivity index (χ2v) is 7.95. The number of rotatable bonds is 7. The van der Waals surface area contributed by atoms with Crippen molar-refractivity contribution in [2.24, 2.45) is 0 Å². The third-order valence-electron chi connectivity index (χ3n) is 3.19. The highest BCUT2D eigenvalue weighted by Crippen LogP contribution is 2.19. The maximum Gasteiger partial charge on any atom is 0.263 e. The molecule has 1 aromatic carbocycles. The SMILES string of the molecule is Cc1cc(NS(=O)(=O)c2ccc(NC(=O)CSc3ncccn3)cc2)no1. The molecule has 11 heteroatoms. The Labute approximate surface area is 159 Å². The maximum atomic E-state index is 12.3. The number of carbonyl (C=O) groups is 1. The Bertz CT molecular complexity index is 1020. The molecule has 0 atom stereocenters. The van der Waals surface area contributed by atoms with Crippen molar-refractivity contribution in [2.45, 2.75) is 17.0 Å². The van der Waals surface area contributed by atoms with Crippen LogP contribution < -0.4 is 10.0 Å². The third-order valence-corrected chi connectivity index (χ3v) is 5.44. The summed E-state index contributed by atoms with van der Waals surface area (Å²) in [5.74, 6) is 0.478. The molecule has 0 saturated heterocycles. The molecular formula is C16H15N5O4S2. The number of sulfonamides is 1. The van der Waals surface area contributed by atoms with Crippen LogP contribution in [0.2, 0.25) is 0 Å². The molecule has 0 radical (unpaired) electrons. The summed E-state index contributed by atoms with van der Waals surface area (Å²) in [6.07, 6.45) is 3.20. The Balaban J connectivity index is 1.58. The van der Waals surface area contributed by atoms with E-state index in [0.29, 0.717) is 16.6 Å². The number of nitrogens with one attached hydrogen (secondary N) is 2. The Morgan fingerprint density at radius 2 is 1.89 bits per heavy atom. The first kappa shape index (κ1) is 18.9. The van der Waals surface area contributed by atoms with Crippen LogP contribution in [0.1, 0.15) is 5.76 Å². The Kier molecular flexibility index (Phi) is 5.72. The van der Waals surface area contributed by atoms with Gasteiger partial charge in [-0.05, 0) is 37.3 Å². The minimum Gasteiger partial charge on any atom is -0.360 e. The normalized spacial score (nSPS) is 11.1. The molecule has 2 heterocycles. The molecule has 0 spiro atoms. The van der Waals surface area contributed by atoms with Crippen LogP contribution in [-0.2, 0) is 14.8 Å². The second-order valence-electron chi connectivity index (χ2n) is 5.32. The molecule has 0 fully saturated rings. The van der Waals surface area contributed by atoms with E-state index in [1.807, 2.05) is 0 Å². The van der Waals surface area contributed by atoms with E-state index in [9.17, 15) is 13.2 Å². The lowest BCUT2D eigenvalue weighted by atomic mass is 10.3. The molecule has 3 rings (SSSR count). The monoisotopic (exact) mass is 405 g/mol. The lowest BCUT2D eigenvalue weighted by Gasteiger charge is -2.07. The number of aromatic nitrogens is 3. The van der Waals surface area contributed by atoms with Crippen LogP contribution >= 0.6 is 11.8 Å². The van der Waals surface area contributed by atoms with Crippen LogP contribution in [0.5, 0.6) is 0 Å². The molecule has 2 N–H and O–H groups in total. The zero-order valence-electron chi connectivity index (χ0n) is 14.1. The summed E-state index contributed by atoms with van der Waals surface area (Å²) in [5, 5.41) is 6.78. The third kappa shape index (κ3) is 5.28. The van der Waals surface area contributed by atoms with Gasteiger partial charge in [0.15, 0.2) is 11.0 Å². The van der Waals surface area contributed by atoms with E-state index in [4.69, 9.17) is 4.52 Å². The van der Waals surface area contributed by atoms with Crippen molar-refractivity contribution in [2.75, 3.05) is 15.8 Å². The van der Waals surface area contributed by atoms with E-state index in [0.717, 1.165) is 0 Å². The molecule has 2 aromatic heterocycles. The number of thioether (sulfide) groups is 1. The number of aryl methyl sites for hydroxylation is 1. The smallest absolute Gasteiger partial charge is 0.263 e. The van der Waals surface area contributed by atoms with Gasteiger partial charge in [0, 0.05) is 24.1 Å². The van der Waals surface area contributed by atoms with Crippen molar-refractivity contribution in [3.8, 4) is 0 Å². The molecule has 0 aliphatic rings. The molecule has 0 aliphatic heterocycles. The first-order valence-electron chi connectivity index (χ1n) is 7.68. The minimum atomic E-state index is -3.80. The van der Waals surface area contributed by atoms with E-state index in [1.165, 1.54) is 42.1 Å². The lowest BCUT2D eigenvalue weighted by Crippen LogP contribution is -2.15. The van der Waals surface area contributed by atoms with Crippen molar-refractivity contribution < 1.29 is 17.7 Å². The van der Waals surface area contributed by atoms with Gasteiger partial charge in [-0.2, -0.15) is 0 Å². The standard InChI is InChI=1S/C16H15N5O4S2/c1-11-9-14(20-25-11)21-27(23,24)13-5-3-12(4-6-13)19-15(22)10-26-16-17-7-2-8-18-16/h2-9H,10H2,1H3,(H,19,22)(H,20,21). The summed E-state index contributed by atoms with van der Waals surface area (Å²) in [4.78, 5) is 20.0. The quantitative estimate of drug-likeness (QED) is 0.453. The number of amides is 1. The fourth-order valence-corrected chi connectivity index (χ4v) is 3.60. The van der Waals surface area contributed by atoms with E-state index in [-0.39, 0.29) is 22.4 Å². The number of hydrogen-bond acceptors (Lipinski definition) is 8. The van der Waals surface area contributed by atoms with Crippen LogP contribution in [0.4, 0.5) is 11.5 Å². The van der Waals surface area contributed by atoms with Gasteiger partial charge < -0.3 is 9.84 Å². The van der Waals surface area contributed by atoms with Gasteiger partial charge in [0.25, 0.3) is 10.0 Å². The summed E-state index contributed by atoms with van der Waals surface area (Å²) < 4.78 is 31.8. The van der Waals surface area contributed by atoms with Gasteiger partial charge in [-0.1, -0.05) is 16.9 Å². The first-order chi connectivity index (χ1) is 12.9. The van der Waals surface area contributed by atoms with E-state index in [1.54, 1.807) is 25.4 Å². The Morgan fingerprint density at radius 1 is 1.19 bits per heavy atom. The van der Waals surface area contributed by atoms with Crippen LogP contribution in [-0.4, -0.2) is 35.2 Å². The van der Waals surface area contributed by atoms with E-state index < -0.39 is 10.0 Å². The topological polar surface area (TPSA) is 127 Å². The molecule has 1 amide bonds. The van der Waals surface area contributed by atoms with Crippen molar-refractivity contribution >= 4 is 39.2 Å². The first-order valence-corrected chi connectivity index (χ1v) is 10.2. The van der Waals surface area contributed by atoms with Gasteiger partial charge in [0.1, 0.15) is 5.76 Å². The highest BCUT2D eigenvalue weighted by Gasteiger charge is 2.16. The molecular weight excluding hydrogens is 390 g/mol. The van der Waals surface area contributed by atoms with Crippen LogP contribution in [0.15, 0.2) is 63.4 Å². The number of hydrogen-bond donors (Lipinski definition) is 2. The second kappa shape index (κ2) is 8.18. The highest BCUT2D eigenvalue weighted by atomic mass is 32.2. The van der Waals surface area contributed by atoms with Crippen molar-refractivity contribution in [1.29, 1.82) is 0 Å². The van der Waals surface area contributed by atoms with E-state index in [2.05, 4.69) is 25.2 Å². The van der Waals surface area contributed by atoms with Crippen molar-refractivity contribution in [3.05, 3.63) is 54.6 Å². The van der Waals surface area contributed by atoms with Gasteiger partial charge in [-0.15, -0.1) is 0 Å². The zero-order chi connectivity index (χ0) is 19.3. The molecule has 9 nitrogen and oxygen atoms in total. The zero-order valence-corrected chi connectivity index (χ0v) is 15.8. The number of anilines is 2. The molecule has 140 valence electrons. The summed E-state index contributed by atoms with van der Waals surface area (Å²) >= 11 is 1.20. The lowest BCUT2D eigenvalue weighted by molar-refractivity contribution is -0.113. The van der Waals surface area contributed by atoms with Crippen molar-refractivity contribution in [3.63, 3.8) is 0 Å².